The molecule has 1 saturated heterocycles. The Bertz CT molecular complexity index is 648. The molecule has 7 heteroatoms. The molecule has 1 atom stereocenters. The SMILES string of the molecule is O=C1[C@H](Sc2cnccn2)CCN1c1c(F)cccc1F. The van der Waals surface area contributed by atoms with Crippen LogP contribution in [0.4, 0.5) is 14.5 Å². The fraction of sp³-hybridized carbons (Fsp3) is 0.214. The molecule has 2 aromatic rings. The van der Waals surface area contributed by atoms with Gasteiger partial charge in [0.25, 0.3) is 0 Å². The molecule has 1 aromatic carbocycles. The second kappa shape index (κ2) is 5.77. The summed E-state index contributed by atoms with van der Waals surface area (Å²) in [5, 5.41) is 0.215. The van der Waals surface area contributed by atoms with Gasteiger partial charge in [-0.3, -0.25) is 9.78 Å². The minimum atomic E-state index is -0.728. The van der Waals surface area contributed by atoms with Crippen molar-refractivity contribution in [1.82, 2.24) is 9.97 Å². The lowest BCUT2D eigenvalue weighted by Crippen LogP contribution is -2.29. The molecule has 0 N–H and O–H groups in total. The van der Waals surface area contributed by atoms with Crippen LogP contribution in [0.1, 0.15) is 6.42 Å². The van der Waals surface area contributed by atoms with Crippen LogP contribution >= 0.6 is 11.8 Å². The average Bonchev–Trinajstić information content (AvgIpc) is 2.82. The highest BCUT2D eigenvalue weighted by Gasteiger charge is 2.36. The monoisotopic (exact) mass is 307 g/mol. The predicted octanol–water partition coefficient (Wildman–Crippen LogP) is 2.65. The number of para-hydroxylation sites is 1. The van der Waals surface area contributed by atoms with Gasteiger partial charge in [-0.15, -0.1) is 0 Å². The number of carbonyl (C=O) groups excluding carboxylic acids is 1. The molecule has 21 heavy (non-hydrogen) atoms. The van der Waals surface area contributed by atoms with Crippen LogP contribution in [0.3, 0.4) is 0 Å². The molecule has 4 nitrogen and oxygen atoms in total. The Morgan fingerprint density at radius 3 is 2.67 bits per heavy atom. The normalized spacial score (nSPS) is 18.3. The smallest absolute Gasteiger partial charge is 0.240 e. The highest BCUT2D eigenvalue weighted by Crippen LogP contribution is 2.34. The molecule has 0 unspecified atom stereocenters. The van der Waals surface area contributed by atoms with E-state index in [0.29, 0.717) is 11.4 Å². The van der Waals surface area contributed by atoms with Gasteiger partial charge in [0, 0.05) is 18.9 Å². The topological polar surface area (TPSA) is 46.1 Å². The fourth-order valence-corrected chi connectivity index (χ4v) is 3.21. The summed E-state index contributed by atoms with van der Waals surface area (Å²) in [6.07, 6.45) is 5.15. The van der Waals surface area contributed by atoms with E-state index in [1.165, 1.54) is 28.9 Å². The molecule has 108 valence electrons. The summed E-state index contributed by atoms with van der Waals surface area (Å²) >= 11 is 1.26. The van der Waals surface area contributed by atoms with Gasteiger partial charge in [-0.1, -0.05) is 17.8 Å². The Kier molecular flexibility index (Phi) is 3.83. The average molecular weight is 307 g/mol. The lowest BCUT2D eigenvalue weighted by atomic mass is 10.2. The molecule has 2 heterocycles. The third-order valence-corrected chi connectivity index (χ3v) is 4.34. The number of rotatable bonds is 3. The van der Waals surface area contributed by atoms with E-state index in [2.05, 4.69) is 9.97 Å². The Morgan fingerprint density at radius 2 is 2.00 bits per heavy atom. The zero-order valence-corrected chi connectivity index (χ0v) is 11.7. The van der Waals surface area contributed by atoms with E-state index in [9.17, 15) is 13.6 Å². The van der Waals surface area contributed by atoms with E-state index < -0.39 is 16.9 Å². The Hall–Kier alpha value is -2.02. The number of nitrogens with zero attached hydrogens (tertiary/aromatic N) is 3. The van der Waals surface area contributed by atoms with Crippen LogP contribution in [0.2, 0.25) is 0 Å². The van der Waals surface area contributed by atoms with Crippen molar-refractivity contribution < 1.29 is 13.6 Å². The van der Waals surface area contributed by atoms with Gasteiger partial charge in [0.2, 0.25) is 5.91 Å². The first kappa shape index (κ1) is 13.9. The summed E-state index contributed by atoms with van der Waals surface area (Å²) in [5.41, 5.74) is -0.273. The van der Waals surface area contributed by atoms with E-state index in [1.54, 1.807) is 12.4 Å². The zero-order chi connectivity index (χ0) is 14.8. The highest BCUT2D eigenvalue weighted by atomic mass is 32.2. The van der Waals surface area contributed by atoms with Crippen molar-refractivity contribution >= 4 is 23.4 Å². The molecule has 1 aliphatic heterocycles. The summed E-state index contributed by atoms with van der Waals surface area (Å²) < 4.78 is 27.5. The van der Waals surface area contributed by atoms with E-state index in [4.69, 9.17) is 0 Å². The first-order chi connectivity index (χ1) is 10.2. The molecule has 0 radical (unpaired) electrons. The number of aromatic nitrogens is 2. The van der Waals surface area contributed by atoms with Gasteiger partial charge in [-0.05, 0) is 18.6 Å². The lowest BCUT2D eigenvalue weighted by Gasteiger charge is -2.18. The number of benzene rings is 1. The molecular weight excluding hydrogens is 296 g/mol. The quantitative estimate of drug-likeness (QED) is 0.874. The number of hydrogen-bond acceptors (Lipinski definition) is 4. The number of thioether (sulfide) groups is 1. The summed E-state index contributed by atoms with van der Waals surface area (Å²) in [5.74, 6) is -1.77. The number of halogens is 2. The van der Waals surface area contributed by atoms with Crippen molar-refractivity contribution in [1.29, 1.82) is 0 Å². The van der Waals surface area contributed by atoms with Crippen LogP contribution in [0.15, 0.2) is 41.8 Å². The molecule has 3 rings (SSSR count). The summed E-state index contributed by atoms with van der Waals surface area (Å²) in [6.45, 7) is 0.286. The molecule has 1 amide bonds. The molecular formula is C14H11F2N3OS. The van der Waals surface area contributed by atoms with Gasteiger partial charge in [0.05, 0.1) is 11.4 Å². The molecule has 0 bridgehead atoms. The third kappa shape index (κ3) is 2.73. The fourth-order valence-electron chi connectivity index (χ4n) is 2.22. The number of hydrogen-bond donors (Lipinski definition) is 0. The van der Waals surface area contributed by atoms with Crippen molar-refractivity contribution in [3.63, 3.8) is 0 Å². The number of anilines is 1. The Balaban J connectivity index is 1.81. The molecule has 1 fully saturated rings. The first-order valence-electron chi connectivity index (χ1n) is 6.35. The molecule has 0 spiro atoms. The maximum atomic E-state index is 13.8. The Morgan fingerprint density at radius 1 is 1.24 bits per heavy atom. The van der Waals surface area contributed by atoms with Gasteiger partial charge in [-0.25, -0.2) is 13.8 Å². The van der Waals surface area contributed by atoms with E-state index in [1.807, 2.05) is 0 Å². The van der Waals surface area contributed by atoms with Gasteiger partial charge in [0.15, 0.2) is 0 Å². The molecule has 1 aliphatic rings. The van der Waals surface area contributed by atoms with Crippen molar-refractivity contribution in [3.8, 4) is 0 Å². The molecule has 0 aliphatic carbocycles. The van der Waals surface area contributed by atoms with Crippen LogP contribution in [-0.2, 0) is 4.79 Å². The maximum absolute atomic E-state index is 13.8. The largest absolute Gasteiger partial charge is 0.306 e. The van der Waals surface area contributed by atoms with E-state index in [-0.39, 0.29) is 18.1 Å². The van der Waals surface area contributed by atoms with Gasteiger partial charge in [0.1, 0.15) is 22.3 Å². The first-order valence-corrected chi connectivity index (χ1v) is 7.23. The van der Waals surface area contributed by atoms with Crippen LogP contribution in [0.5, 0.6) is 0 Å². The van der Waals surface area contributed by atoms with Crippen molar-refractivity contribution in [2.75, 3.05) is 11.4 Å². The van der Waals surface area contributed by atoms with Crippen molar-refractivity contribution in [2.24, 2.45) is 0 Å². The van der Waals surface area contributed by atoms with Crippen LogP contribution < -0.4 is 4.90 Å². The summed E-state index contributed by atoms with van der Waals surface area (Å²) in [4.78, 5) is 21.5. The minimum absolute atomic E-state index is 0.273. The zero-order valence-electron chi connectivity index (χ0n) is 10.9. The Labute approximate surface area is 124 Å². The molecule has 1 aromatic heterocycles. The summed E-state index contributed by atoms with van der Waals surface area (Å²) in [6, 6.07) is 3.57. The maximum Gasteiger partial charge on any atom is 0.240 e. The van der Waals surface area contributed by atoms with Crippen molar-refractivity contribution in [2.45, 2.75) is 16.7 Å². The lowest BCUT2D eigenvalue weighted by molar-refractivity contribution is -0.116. The second-order valence-electron chi connectivity index (χ2n) is 4.50. The second-order valence-corrected chi connectivity index (χ2v) is 5.72. The van der Waals surface area contributed by atoms with Gasteiger partial charge in [-0.2, -0.15) is 0 Å². The van der Waals surface area contributed by atoms with Crippen molar-refractivity contribution in [3.05, 3.63) is 48.4 Å². The van der Waals surface area contributed by atoms with Crippen LogP contribution in [-0.4, -0.2) is 27.7 Å². The van der Waals surface area contributed by atoms with E-state index >= 15 is 0 Å². The summed E-state index contributed by atoms with van der Waals surface area (Å²) in [7, 11) is 0. The predicted molar refractivity (Wildman–Crippen MR) is 75.0 cm³/mol. The third-order valence-electron chi connectivity index (χ3n) is 3.17. The standard InChI is InChI=1S/C14H11F2N3OS/c15-9-2-1-3-10(16)13(9)19-7-4-11(14(19)20)21-12-8-17-5-6-18-12/h1-3,5-6,8,11H,4,7H2/t11-/m1/s1. The molecule has 0 saturated carbocycles. The number of amides is 1. The van der Waals surface area contributed by atoms with Crippen LogP contribution in [0, 0.1) is 11.6 Å². The minimum Gasteiger partial charge on any atom is -0.306 e. The van der Waals surface area contributed by atoms with Crippen LogP contribution in [0.25, 0.3) is 0 Å². The van der Waals surface area contributed by atoms with Gasteiger partial charge < -0.3 is 4.90 Å². The van der Waals surface area contributed by atoms with E-state index in [0.717, 1.165) is 12.1 Å². The number of carbonyl (C=O) groups is 1. The van der Waals surface area contributed by atoms with Gasteiger partial charge >= 0.3 is 0 Å². The highest BCUT2D eigenvalue weighted by molar-refractivity contribution is 8.00.